The van der Waals surface area contributed by atoms with Crippen molar-refractivity contribution in [1.82, 2.24) is 10.6 Å². The van der Waals surface area contributed by atoms with Gasteiger partial charge in [-0.1, -0.05) is 23.8 Å². The fourth-order valence-electron chi connectivity index (χ4n) is 3.02. The topological polar surface area (TPSA) is 54.9 Å². The molecule has 0 atom stereocenters. The Morgan fingerprint density at radius 2 is 2.07 bits per heavy atom. The van der Waals surface area contributed by atoms with Crippen molar-refractivity contribution >= 4 is 29.9 Å². The first-order chi connectivity index (χ1) is 12.8. The molecule has 1 aliphatic carbocycles. The average Bonchev–Trinajstić information content (AvgIpc) is 2.69. The van der Waals surface area contributed by atoms with E-state index in [-0.39, 0.29) is 24.0 Å². The highest BCUT2D eigenvalue weighted by Gasteiger charge is 2.04. The summed E-state index contributed by atoms with van der Waals surface area (Å²) in [6.45, 7) is 3.04. The van der Waals surface area contributed by atoms with Crippen LogP contribution in [0.1, 0.15) is 44.1 Å². The molecule has 0 saturated carbocycles. The van der Waals surface area contributed by atoms with Crippen LogP contribution in [0.25, 0.3) is 0 Å². The summed E-state index contributed by atoms with van der Waals surface area (Å²) < 4.78 is 10.8. The van der Waals surface area contributed by atoms with Gasteiger partial charge in [-0.05, 0) is 49.8 Å². The van der Waals surface area contributed by atoms with Gasteiger partial charge in [-0.2, -0.15) is 0 Å². The quantitative estimate of drug-likeness (QED) is 0.170. The van der Waals surface area contributed by atoms with Crippen molar-refractivity contribution in [1.29, 1.82) is 0 Å². The zero-order chi connectivity index (χ0) is 18.5. The van der Waals surface area contributed by atoms with Crippen LogP contribution in [-0.2, 0) is 11.3 Å². The minimum absolute atomic E-state index is 0. The number of guanidine groups is 1. The molecule has 0 unspecified atom stereocenters. The van der Waals surface area contributed by atoms with E-state index in [0.29, 0.717) is 6.61 Å². The molecule has 0 fully saturated rings. The maximum atomic E-state index is 5.75. The van der Waals surface area contributed by atoms with Crippen LogP contribution in [0, 0.1) is 0 Å². The highest BCUT2D eigenvalue weighted by Crippen LogP contribution is 2.19. The van der Waals surface area contributed by atoms with Gasteiger partial charge >= 0.3 is 0 Å². The largest absolute Gasteiger partial charge is 0.493 e. The van der Waals surface area contributed by atoms with Crippen molar-refractivity contribution in [2.24, 2.45) is 4.99 Å². The molecule has 5 nitrogen and oxygen atoms in total. The van der Waals surface area contributed by atoms with Crippen LogP contribution in [0.3, 0.4) is 0 Å². The zero-order valence-corrected chi connectivity index (χ0v) is 19.0. The Hall–Kier alpha value is -1.28. The van der Waals surface area contributed by atoms with E-state index >= 15 is 0 Å². The number of hydrogen-bond donors (Lipinski definition) is 2. The summed E-state index contributed by atoms with van der Waals surface area (Å²) in [5, 5.41) is 6.77. The zero-order valence-electron chi connectivity index (χ0n) is 16.6. The predicted molar refractivity (Wildman–Crippen MR) is 123 cm³/mol. The Kier molecular flexibility index (Phi) is 13.0. The lowest BCUT2D eigenvalue weighted by atomic mass is 9.97. The Morgan fingerprint density at radius 3 is 2.81 bits per heavy atom. The van der Waals surface area contributed by atoms with Gasteiger partial charge in [0.15, 0.2) is 5.96 Å². The van der Waals surface area contributed by atoms with Gasteiger partial charge in [0.25, 0.3) is 0 Å². The smallest absolute Gasteiger partial charge is 0.191 e. The van der Waals surface area contributed by atoms with Crippen LogP contribution in [0.5, 0.6) is 5.75 Å². The number of halogens is 1. The van der Waals surface area contributed by atoms with Crippen LogP contribution in [0.4, 0.5) is 0 Å². The summed E-state index contributed by atoms with van der Waals surface area (Å²) in [6.07, 6.45) is 9.58. The minimum atomic E-state index is 0. The Bertz CT molecular complexity index is 591. The van der Waals surface area contributed by atoms with Gasteiger partial charge < -0.3 is 20.1 Å². The van der Waals surface area contributed by atoms with Gasteiger partial charge in [0.05, 0.1) is 6.61 Å². The molecule has 6 heteroatoms. The van der Waals surface area contributed by atoms with E-state index in [0.717, 1.165) is 44.2 Å². The van der Waals surface area contributed by atoms with Crippen molar-refractivity contribution in [2.45, 2.75) is 45.1 Å². The number of ether oxygens (including phenoxy) is 2. The molecule has 0 amide bonds. The molecule has 0 aliphatic heterocycles. The molecule has 0 spiro atoms. The van der Waals surface area contributed by atoms with Crippen molar-refractivity contribution in [3.8, 4) is 5.75 Å². The van der Waals surface area contributed by atoms with Gasteiger partial charge in [-0.3, -0.25) is 4.99 Å². The van der Waals surface area contributed by atoms with Crippen LogP contribution >= 0.6 is 24.0 Å². The highest BCUT2D eigenvalue weighted by molar-refractivity contribution is 14.0. The van der Waals surface area contributed by atoms with Gasteiger partial charge in [-0.15, -0.1) is 24.0 Å². The van der Waals surface area contributed by atoms with E-state index < -0.39 is 0 Å². The first-order valence-corrected chi connectivity index (χ1v) is 9.65. The number of nitrogens with zero attached hydrogens (tertiary/aromatic N) is 1. The van der Waals surface area contributed by atoms with Crippen molar-refractivity contribution in [2.75, 3.05) is 33.9 Å². The second kappa shape index (κ2) is 14.7. The van der Waals surface area contributed by atoms with Crippen LogP contribution < -0.4 is 15.4 Å². The van der Waals surface area contributed by atoms with E-state index in [1.165, 1.54) is 31.2 Å². The van der Waals surface area contributed by atoms with Crippen LogP contribution in [0.15, 0.2) is 40.9 Å². The number of rotatable bonds is 10. The van der Waals surface area contributed by atoms with Gasteiger partial charge in [0.1, 0.15) is 5.75 Å². The summed E-state index contributed by atoms with van der Waals surface area (Å²) >= 11 is 0. The number of allylic oxidation sites excluding steroid dienone is 1. The van der Waals surface area contributed by atoms with Crippen LogP contribution in [0.2, 0.25) is 0 Å². The van der Waals surface area contributed by atoms with E-state index in [4.69, 9.17) is 9.47 Å². The third-order valence-electron chi connectivity index (χ3n) is 4.47. The van der Waals surface area contributed by atoms with E-state index in [1.807, 2.05) is 19.2 Å². The molecule has 152 valence electrons. The van der Waals surface area contributed by atoms with Gasteiger partial charge in [0, 0.05) is 40.3 Å². The Balaban J connectivity index is 0.00000364. The number of benzene rings is 1. The summed E-state index contributed by atoms with van der Waals surface area (Å²) in [4.78, 5) is 4.31. The molecule has 2 rings (SSSR count). The lowest BCUT2D eigenvalue weighted by molar-refractivity contribution is 0.172. The van der Waals surface area contributed by atoms with Crippen molar-refractivity contribution in [3.05, 3.63) is 41.5 Å². The second-order valence-corrected chi connectivity index (χ2v) is 6.55. The summed E-state index contributed by atoms with van der Waals surface area (Å²) in [5.41, 5.74) is 2.75. The minimum Gasteiger partial charge on any atom is -0.493 e. The molecule has 1 aromatic carbocycles. The van der Waals surface area contributed by atoms with Gasteiger partial charge in [-0.25, -0.2) is 0 Å². The van der Waals surface area contributed by atoms with Crippen LogP contribution in [-0.4, -0.2) is 39.9 Å². The molecule has 0 saturated heterocycles. The molecule has 27 heavy (non-hydrogen) atoms. The summed E-state index contributed by atoms with van der Waals surface area (Å²) in [5.74, 6) is 1.74. The van der Waals surface area contributed by atoms with E-state index in [1.54, 1.807) is 12.7 Å². The third-order valence-corrected chi connectivity index (χ3v) is 4.47. The normalized spacial score (nSPS) is 14.1. The fraction of sp³-hybridized carbons (Fsp3) is 0.571. The third kappa shape index (κ3) is 10.0. The fourth-order valence-corrected chi connectivity index (χ4v) is 3.02. The standard InChI is InChI=1S/C21H33N3O2.HI/c1-22-21(23-13-12-18-8-4-3-5-9-18)24-17-19-10-6-11-20(16-19)26-15-7-14-25-2;/h6,8,10-11,16H,3-5,7,9,12-15,17H2,1-2H3,(H2,22,23,24);1H. The predicted octanol–water partition coefficient (Wildman–Crippen LogP) is 4.28. The summed E-state index contributed by atoms with van der Waals surface area (Å²) in [7, 11) is 3.52. The first-order valence-electron chi connectivity index (χ1n) is 9.65. The molecule has 1 aromatic rings. The van der Waals surface area contributed by atoms with Crippen molar-refractivity contribution in [3.63, 3.8) is 0 Å². The molecule has 2 N–H and O–H groups in total. The van der Waals surface area contributed by atoms with Gasteiger partial charge in [0.2, 0.25) is 0 Å². The maximum Gasteiger partial charge on any atom is 0.191 e. The maximum absolute atomic E-state index is 5.75. The highest BCUT2D eigenvalue weighted by atomic mass is 127. The molecule has 0 heterocycles. The second-order valence-electron chi connectivity index (χ2n) is 6.55. The monoisotopic (exact) mass is 487 g/mol. The lowest BCUT2D eigenvalue weighted by Crippen LogP contribution is -2.37. The molecule has 1 aliphatic rings. The average molecular weight is 487 g/mol. The van der Waals surface area contributed by atoms with E-state index in [9.17, 15) is 0 Å². The molecule has 0 radical (unpaired) electrons. The molecule has 0 aromatic heterocycles. The van der Waals surface area contributed by atoms with Crippen molar-refractivity contribution < 1.29 is 9.47 Å². The summed E-state index contributed by atoms with van der Waals surface area (Å²) in [6, 6.07) is 8.17. The number of aliphatic imine (C=N–C) groups is 1. The molecular formula is C21H34IN3O2. The van der Waals surface area contributed by atoms with E-state index in [2.05, 4.69) is 33.8 Å². The Labute approximate surface area is 181 Å². The Morgan fingerprint density at radius 1 is 1.19 bits per heavy atom. The number of hydrogen-bond acceptors (Lipinski definition) is 3. The molecular weight excluding hydrogens is 453 g/mol. The number of methoxy groups -OCH3 is 1. The lowest BCUT2D eigenvalue weighted by Gasteiger charge is -2.15. The number of nitrogens with one attached hydrogen (secondary N) is 2. The SMILES string of the molecule is CN=C(NCCC1=CCCCC1)NCc1cccc(OCCCOC)c1.I. The molecule has 0 bridgehead atoms. The first kappa shape index (κ1) is 23.8.